The smallest absolute Gasteiger partial charge is 0.309 e. The summed E-state index contributed by atoms with van der Waals surface area (Å²) in [5.41, 5.74) is 2.41. The first-order valence-corrected chi connectivity index (χ1v) is 6.27. The van der Waals surface area contributed by atoms with E-state index in [9.17, 15) is 4.79 Å². The van der Waals surface area contributed by atoms with E-state index in [1.54, 1.807) is 0 Å². The molecule has 0 saturated heterocycles. The summed E-state index contributed by atoms with van der Waals surface area (Å²) in [6.45, 7) is 8.21. The molecule has 0 spiro atoms. The van der Waals surface area contributed by atoms with E-state index in [1.165, 1.54) is 18.2 Å². The van der Waals surface area contributed by atoms with E-state index in [4.69, 9.17) is 4.74 Å². The number of carbonyl (C=O) groups is 1. The van der Waals surface area contributed by atoms with Gasteiger partial charge in [-0.25, -0.2) is 0 Å². The molecule has 3 heteroatoms. The summed E-state index contributed by atoms with van der Waals surface area (Å²) in [6, 6.07) is 6.17. The summed E-state index contributed by atoms with van der Waals surface area (Å²) < 4.78 is 10.4. The van der Waals surface area contributed by atoms with Crippen LogP contribution < -0.4 is 4.74 Å². The zero-order chi connectivity index (χ0) is 13.7. The fourth-order valence-electron chi connectivity index (χ4n) is 1.77. The number of esters is 1. The Morgan fingerprint density at radius 3 is 2.44 bits per heavy atom. The number of ether oxygens (including phenoxy) is 2. The summed E-state index contributed by atoms with van der Waals surface area (Å²) in [7, 11) is 1.39. The predicted octanol–water partition coefficient (Wildman–Crippen LogP) is 3.45. The van der Waals surface area contributed by atoms with Crippen LogP contribution in [0.1, 0.15) is 44.2 Å². The molecule has 1 unspecified atom stereocenters. The Bertz CT molecular complexity index is 410. The van der Waals surface area contributed by atoms with E-state index in [0.29, 0.717) is 5.92 Å². The van der Waals surface area contributed by atoms with Gasteiger partial charge in [0, 0.05) is 0 Å². The van der Waals surface area contributed by atoms with E-state index in [0.717, 1.165) is 5.75 Å². The van der Waals surface area contributed by atoms with E-state index in [-0.39, 0.29) is 18.5 Å². The lowest BCUT2D eigenvalue weighted by atomic mass is 10.0. The fourth-order valence-corrected chi connectivity index (χ4v) is 1.77. The topological polar surface area (TPSA) is 35.5 Å². The average molecular weight is 250 g/mol. The van der Waals surface area contributed by atoms with Crippen molar-refractivity contribution in [1.82, 2.24) is 0 Å². The van der Waals surface area contributed by atoms with Gasteiger partial charge in [0.25, 0.3) is 0 Å². The molecule has 1 rings (SSSR count). The van der Waals surface area contributed by atoms with Crippen molar-refractivity contribution in [1.29, 1.82) is 0 Å². The number of carbonyl (C=O) groups excluding carboxylic acids is 1. The van der Waals surface area contributed by atoms with Crippen molar-refractivity contribution in [2.75, 3.05) is 7.11 Å². The second-order valence-electron chi connectivity index (χ2n) is 4.94. The van der Waals surface area contributed by atoms with Crippen molar-refractivity contribution >= 4 is 5.97 Å². The number of benzene rings is 1. The molecule has 3 nitrogen and oxygen atoms in total. The highest BCUT2D eigenvalue weighted by Crippen LogP contribution is 2.24. The van der Waals surface area contributed by atoms with Crippen molar-refractivity contribution < 1.29 is 14.3 Å². The van der Waals surface area contributed by atoms with Crippen molar-refractivity contribution in [3.05, 3.63) is 29.3 Å². The van der Waals surface area contributed by atoms with Gasteiger partial charge >= 0.3 is 5.97 Å². The molecule has 0 radical (unpaired) electrons. The van der Waals surface area contributed by atoms with Crippen LogP contribution in [0.25, 0.3) is 0 Å². The van der Waals surface area contributed by atoms with Crippen LogP contribution >= 0.6 is 0 Å². The van der Waals surface area contributed by atoms with Crippen molar-refractivity contribution in [2.24, 2.45) is 0 Å². The van der Waals surface area contributed by atoms with Crippen molar-refractivity contribution in [3.8, 4) is 5.75 Å². The van der Waals surface area contributed by atoms with E-state index in [1.807, 2.05) is 26.0 Å². The largest absolute Gasteiger partial charge is 0.490 e. The molecule has 0 aliphatic heterocycles. The number of hydrogen-bond acceptors (Lipinski definition) is 3. The Kier molecular flexibility index (Phi) is 5.20. The zero-order valence-corrected chi connectivity index (χ0v) is 11.8. The fraction of sp³-hybridized carbons (Fsp3) is 0.533. The first kappa shape index (κ1) is 14.6. The van der Waals surface area contributed by atoms with Crippen molar-refractivity contribution in [3.63, 3.8) is 0 Å². The molecule has 0 aromatic heterocycles. The van der Waals surface area contributed by atoms with Crippen LogP contribution in [0.4, 0.5) is 0 Å². The minimum absolute atomic E-state index is 0.181. The minimum Gasteiger partial charge on any atom is -0.490 e. The lowest BCUT2D eigenvalue weighted by molar-refractivity contribution is -0.142. The van der Waals surface area contributed by atoms with Gasteiger partial charge in [0.1, 0.15) is 11.9 Å². The lowest BCUT2D eigenvalue weighted by Gasteiger charge is -2.16. The molecule has 0 bridgehead atoms. The zero-order valence-electron chi connectivity index (χ0n) is 11.8. The maximum atomic E-state index is 11.2. The Morgan fingerprint density at radius 1 is 1.22 bits per heavy atom. The van der Waals surface area contributed by atoms with Crippen molar-refractivity contribution in [2.45, 2.75) is 46.1 Å². The number of methoxy groups -OCH3 is 1. The van der Waals surface area contributed by atoms with Gasteiger partial charge in [0.15, 0.2) is 0 Å². The molecule has 0 saturated carbocycles. The van der Waals surface area contributed by atoms with E-state index in [2.05, 4.69) is 24.7 Å². The molecule has 100 valence electrons. The third-order valence-corrected chi connectivity index (χ3v) is 2.76. The molecule has 0 heterocycles. The summed E-state index contributed by atoms with van der Waals surface area (Å²) in [4.78, 5) is 11.2. The maximum Gasteiger partial charge on any atom is 0.309 e. The third kappa shape index (κ3) is 4.40. The molecule has 18 heavy (non-hydrogen) atoms. The molecule has 0 aliphatic carbocycles. The Labute approximate surface area is 109 Å². The Hall–Kier alpha value is -1.51. The first-order valence-electron chi connectivity index (χ1n) is 6.27. The summed E-state index contributed by atoms with van der Waals surface area (Å²) >= 11 is 0. The van der Waals surface area contributed by atoms with Gasteiger partial charge in [0.2, 0.25) is 0 Å². The van der Waals surface area contributed by atoms with Gasteiger partial charge in [-0.3, -0.25) is 4.79 Å². The molecule has 1 aromatic carbocycles. The van der Waals surface area contributed by atoms with Gasteiger partial charge < -0.3 is 9.47 Å². The molecule has 0 fully saturated rings. The molecule has 0 N–H and O–H groups in total. The SMILES string of the molecule is COC(=O)CC(C)Oc1cc(C)cc(C(C)C)c1. The normalized spacial score (nSPS) is 12.3. The average Bonchev–Trinajstić information content (AvgIpc) is 2.27. The minimum atomic E-state index is -0.251. The number of aryl methyl sites for hydroxylation is 1. The number of hydrogen-bond donors (Lipinski definition) is 0. The van der Waals surface area contributed by atoms with Crippen LogP contribution in [-0.2, 0) is 9.53 Å². The van der Waals surface area contributed by atoms with Crippen LogP contribution in [-0.4, -0.2) is 19.2 Å². The summed E-state index contributed by atoms with van der Waals surface area (Å²) in [6.07, 6.45) is 0.0841. The van der Waals surface area contributed by atoms with E-state index >= 15 is 0 Å². The van der Waals surface area contributed by atoms with Gasteiger partial charge in [-0.15, -0.1) is 0 Å². The van der Waals surface area contributed by atoms with Crippen LogP contribution in [0.3, 0.4) is 0 Å². The Balaban J connectivity index is 2.75. The highest BCUT2D eigenvalue weighted by molar-refractivity contribution is 5.69. The van der Waals surface area contributed by atoms with Gasteiger partial charge in [0.05, 0.1) is 13.5 Å². The second-order valence-corrected chi connectivity index (χ2v) is 4.94. The van der Waals surface area contributed by atoms with Gasteiger partial charge in [-0.1, -0.05) is 19.9 Å². The number of rotatable bonds is 5. The van der Waals surface area contributed by atoms with Crippen LogP contribution in [0.2, 0.25) is 0 Å². The molecule has 0 amide bonds. The van der Waals surface area contributed by atoms with Crippen LogP contribution in [0.5, 0.6) is 5.75 Å². The molecular formula is C15H22O3. The second kappa shape index (κ2) is 6.43. The molecule has 1 atom stereocenters. The maximum absolute atomic E-state index is 11.2. The monoisotopic (exact) mass is 250 g/mol. The van der Waals surface area contributed by atoms with Gasteiger partial charge in [-0.2, -0.15) is 0 Å². The highest BCUT2D eigenvalue weighted by atomic mass is 16.5. The Morgan fingerprint density at radius 2 is 1.89 bits per heavy atom. The third-order valence-electron chi connectivity index (χ3n) is 2.76. The lowest BCUT2D eigenvalue weighted by Crippen LogP contribution is -2.18. The van der Waals surface area contributed by atoms with Crippen LogP contribution in [0.15, 0.2) is 18.2 Å². The van der Waals surface area contributed by atoms with Gasteiger partial charge in [-0.05, 0) is 43.0 Å². The highest BCUT2D eigenvalue weighted by Gasteiger charge is 2.11. The molecule has 0 aliphatic rings. The summed E-state index contributed by atoms with van der Waals surface area (Å²) in [5, 5.41) is 0. The molecule has 1 aromatic rings. The van der Waals surface area contributed by atoms with Crippen LogP contribution in [0, 0.1) is 6.92 Å². The summed E-state index contributed by atoms with van der Waals surface area (Å²) in [5.74, 6) is 1.03. The molecular weight excluding hydrogens is 228 g/mol. The quantitative estimate of drug-likeness (QED) is 0.751. The standard InChI is InChI=1S/C15H22O3/c1-10(2)13-6-11(3)7-14(9-13)18-12(4)8-15(16)17-5/h6-7,9-10,12H,8H2,1-5H3. The van der Waals surface area contributed by atoms with E-state index < -0.39 is 0 Å². The first-order chi connectivity index (χ1) is 8.42. The predicted molar refractivity (Wildman–Crippen MR) is 72.0 cm³/mol.